The monoisotopic (exact) mass is 565 g/mol. The summed E-state index contributed by atoms with van der Waals surface area (Å²) >= 11 is 12.3. The van der Waals surface area contributed by atoms with Crippen LogP contribution in [0.25, 0.3) is 27.8 Å². The first-order valence-corrected chi connectivity index (χ1v) is 11.8. The molecule has 5 aromatic rings. The highest BCUT2D eigenvalue weighted by atomic mass is 35.5. The van der Waals surface area contributed by atoms with Crippen LogP contribution < -0.4 is 10.4 Å². The van der Waals surface area contributed by atoms with Gasteiger partial charge >= 0.3 is 17.8 Å². The van der Waals surface area contributed by atoms with Gasteiger partial charge in [-0.15, -0.1) is 0 Å². The van der Waals surface area contributed by atoms with E-state index >= 15 is 0 Å². The van der Waals surface area contributed by atoms with E-state index < -0.39 is 29.5 Å². The van der Waals surface area contributed by atoms with Gasteiger partial charge in [0.1, 0.15) is 5.75 Å². The second-order valence-corrected chi connectivity index (χ2v) is 9.26. The zero-order chi connectivity index (χ0) is 27.4. The van der Waals surface area contributed by atoms with Crippen molar-refractivity contribution >= 4 is 51.2 Å². The summed E-state index contributed by atoms with van der Waals surface area (Å²) in [5, 5.41) is 14.0. The lowest BCUT2D eigenvalue weighted by molar-refractivity contribution is -0.144. The fraction of sp³-hybridized carbons (Fsp3) is 0.160. The lowest BCUT2D eigenvalue weighted by Crippen LogP contribution is -2.24. The summed E-state index contributed by atoms with van der Waals surface area (Å²) < 4.78 is 53.7. The molecule has 1 atom stereocenters. The molecule has 1 N–H and O–H groups in total. The third-order valence-corrected chi connectivity index (χ3v) is 6.42. The summed E-state index contributed by atoms with van der Waals surface area (Å²) in [7, 11) is 0. The number of hydrogen-bond acceptors (Lipinski definition) is 5. The van der Waals surface area contributed by atoms with Crippen LogP contribution in [-0.2, 0) is 17.5 Å². The molecule has 0 radical (unpaired) electrons. The highest BCUT2D eigenvalue weighted by molar-refractivity contribution is 6.32. The third kappa shape index (κ3) is 4.59. The van der Waals surface area contributed by atoms with Crippen LogP contribution in [0, 0.1) is 0 Å². The predicted octanol–water partition coefficient (Wildman–Crippen LogP) is 6.16. The molecule has 0 aliphatic rings. The highest BCUT2D eigenvalue weighted by Crippen LogP contribution is 2.34. The molecule has 0 fully saturated rings. The number of aromatic nitrogens is 3. The van der Waals surface area contributed by atoms with Gasteiger partial charge in [-0.1, -0.05) is 34.4 Å². The molecule has 0 spiro atoms. The van der Waals surface area contributed by atoms with Gasteiger partial charge < -0.3 is 14.4 Å². The molecule has 0 saturated heterocycles. The zero-order valence-electron chi connectivity index (χ0n) is 19.3. The Morgan fingerprint density at radius 3 is 2.58 bits per heavy atom. The maximum atomic E-state index is 13.7. The van der Waals surface area contributed by atoms with Crippen molar-refractivity contribution in [2.24, 2.45) is 0 Å². The Kier molecular flexibility index (Phi) is 6.36. The number of halogens is 5. The van der Waals surface area contributed by atoms with Gasteiger partial charge in [-0.2, -0.15) is 13.2 Å². The number of aliphatic carboxylic acids is 1. The first-order chi connectivity index (χ1) is 17.9. The molecule has 0 saturated carbocycles. The van der Waals surface area contributed by atoms with Gasteiger partial charge in [-0.25, -0.2) is 14.2 Å². The summed E-state index contributed by atoms with van der Waals surface area (Å²) in [6.07, 6.45) is -5.87. The lowest BCUT2D eigenvalue weighted by atomic mass is 10.1. The molecule has 38 heavy (non-hydrogen) atoms. The Balaban J connectivity index is 1.70. The van der Waals surface area contributed by atoms with Crippen molar-refractivity contribution in [2.45, 2.75) is 25.7 Å². The molecular formula is C25H16Cl2F3N3O5. The molecule has 0 aliphatic carbocycles. The molecule has 196 valence electrons. The Hall–Kier alpha value is -3.96. The van der Waals surface area contributed by atoms with Crippen LogP contribution in [0.5, 0.6) is 5.75 Å². The van der Waals surface area contributed by atoms with Crippen molar-refractivity contribution < 1.29 is 32.3 Å². The molecule has 13 heteroatoms. The van der Waals surface area contributed by atoms with Crippen molar-refractivity contribution in [3.63, 3.8) is 0 Å². The van der Waals surface area contributed by atoms with Crippen molar-refractivity contribution in [3.05, 3.63) is 86.3 Å². The minimum Gasteiger partial charge on any atom is -0.479 e. The molecular weight excluding hydrogens is 550 g/mol. The number of hydrogen-bond donors (Lipinski definition) is 1. The smallest absolute Gasteiger partial charge is 0.416 e. The van der Waals surface area contributed by atoms with Crippen LogP contribution in [-0.4, -0.2) is 31.5 Å². The number of ether oxygens (including phenoxy) is 1. The largest absolute Gasteiger partial charge is 0.479 e. The van der Waals surface area contributed by atoms with Gasteiger partial charge in [-0.05, 0) is 61.0 Å². The van der Waals surface area contributed by atoms with Crippen molar-refractivity contribution in [1.29, 1.82) is 0 Å². The van der Waals surface area contributed by atoms with Crippen LogP contribution in [0.2, 0.25) is 10.0 Å². The van der Waals surface area contributed by atoms with E-state index in [4.69, 9.17) is 37.6 Å². The summed E-state index contributed by atoms with van der Waals surface area (Å²) in [5.41, 5.74) is -0.739. The fourth-order valence-corrected chi connectivity index (χ4v) is 4.34. The van der Waals surface area contributed by atoms with Crippen LogP contribution >= 0.6 is 23.2 Å². The minimum absolute atomic E-state index is 0.0145. The number of carboxylic acids is 1. The number of fused-ring (bicyclic) bond motifs is 2. The molecule has 2 aromatic heterocycles. The second-order valence-electron chi connectivity index (χ2n) is 8.42. The molecule has 2 heterocycles. The van der Waals surface area contributed by atoms with E-state index in [1.165, 1.54) is 31.2 Å². The van der Waals surface area contributed by atoms with E-state index in [1.807, 2.05) is 0 Å². The van der Waals surface area contributed by atoms with Crippen LogP contribution in [0.1, 0.15) is 18.1 Å². The van der Waals surface area contributed by atoms with Crippen LogP contribution in [0.3, 0.4) is 0 Å². The average Bonchev–Trinajstić information content (AvgIpc) is 3.37. The quantitative estimate of drug-likeness (QED) is 0.265. The second kappa shape index (κ2) is 9.41. The van der Waals surface area contributed by atoms with E-state index in [2.05, 4.69) is 5.16 Å². The number of imidazole rings is 1. The number of benzene rings is 3. The van der Waals surface area contributed by atoms with Gasteiger partial charge in [-0.3, -0.25) is 4.57 Å². The Bertz CT molecular complexity index is 1770. The number of alkyl halides is 3. The number of rotatable bonds is 6. The molecule has 3 aromatic carbocycles. The van der Waals surface area contributed by atoms with Gasteiger partial charge in [0.25, 0.3) is 0 Å². The van der Waals surface area contributed by atoms with E-state index in [-0.39, 0.29) is 34.2 Å². The molecule has 5 rings (SSSR count). The first kappa shape index (κ1) is 25.7. The summed E-state index contributed by atoms with van der Waals surface area (Å²) in [4.78, 5) is 24.9. The zero-order valence-corrected chi connectivity index (χ0v) is 20.8. The first-order valence-electron chi connectivity index (χ1n) is 11.0. The van der Waals surface area contributed by atoms with Gasteiger partial charge in [0, 0.05) is 5.02 Å². The Labute approximate surface area is 221 Å². The van der Waals surface area contributed by atoms with E-state index in [0.29, 0.717) is 21.6 Å². The Morgan fingerprint density at radius 2 is 1.87 bits per heavy atom. The fourth-order valence-electron chi connectivity index (χ4n) is 4.01. The lowest BCUT2D eigenvalue weighted by Gasteiger charge is -2.13. The number of carbonyl (C=O) groups is 1. The molecule has 8 nitrogen and oxygen atoms in total. The summed E-state index contributed by atoms with van der Waals surface area (Å²) in [6, 6.07) is 12.0. The average molecular weight is 566 g/mol. The third-order valence-electron chi connectivity index (χ3n) is 5.87. The van der Waals surface area contributed by atoms with Gasteiger partial charge in [0.15, 0.2) is 17.5 Å². The number of carboxylic acid groups (broad SMARTS) is 1. The maximum Gasteiger partial charge on any atom is 0.416 e. The van der Waals surface area contributed by atoms with Crippen molar-refractivity contribution in [2.75, 3.05) is 0 Å². The molecule has 0 amide bonds. The molecule has 0 aliphatic heterocycles. The van der Waals surface area contributed by atoms with Crippen LogP contribution in [0.4, 0.5) is 13.2 Å². The molecule has 0 bridgehead atoms. The van der Waals surface area contributed by atoms with E-state index in [1.54, 1.807) is 18.2 Å². The highest BCUT2D eigenvalue weighted by Gasteiger charge is 2.32. The molecule has 0 unspecified atom stereocenters. The predicted molar refractivity (Wildman–Crippen MR) is 133 cm³/mol. The standard InChI is InChI=1S/C25H16Cl2F3N3O5/c1-12(23(34)35)37-21-8-13(2-5-17(21)27)11-32-19-9-14(25(28,29)30)3-6-18(19)33(24(32)36)22-16-10-15(26)4-7-20(16)38-31-22/h2-10,12H,11H2,1H3,(H,34,35)/t12-/m1/s1. The van der Waals surface area contributed by atoms with Gasteiger partial charge in [0.05, 0.1) is 33.6 Å². The van der Waals surface area contributed by atoms with Crippen molar-refractivity contribution in [3.8, 4) is 11.6 Å². The normalized spacial score (nSPS) is 12.8. The van der Waals surface area contributed by atoms with Crippen LogP contribution in [0.15, 0.2) is 63.9 Å². The summed E-state index contributed by atoms with van der Waals surface area (Å²) in [6.45, 7) is 1.13. The topological polar surface area (TPSA) is 99.5 Å². The minimum atomic E-state index is -4.65. The Morgan fingerprint density at radius 1 is 1.11 bits per heavy atom. The van der Waals surface area contributed by atoms with E-state index in [9.17, 15) is 22.8 Å². The number of nitrogens with zero attached hydrogens (tertiary/aromatic N) is 3. The SMILES string of the molecule is C[C@@H](Oc1cc(Cn2c(=O)n(-c3noc4ccc(Cl)cc34)c3ccc(C(F)(F)F)cc32)ccc1Cl)C(=O)O. The summed E-state index contributed by atoms with van der Waals surface area (Å²) in [5.74, 6) is -1.11. The van der Waals surface area contributed by atoms with Gasteiger partial charge in [0.2, 0.25) is 0 Å². The van der Waals surface area contributed by atoms with E-state index in [0.717, 1.165) is 21.3 Å². The van der Waals surface area contributed by atoms with Crippen molar-refractivity contribution in [1.82, 2.24) is 14.3 Å². The maximum absolute atomic E-state index is 13.7.